The highest BCUT2D eigenvalue weighted by Gasteiger charge is 2.28. The van der Waals surface area contributed by atoms with Gasteiger partial charge in [0.2, 0.25) is 5.95 Å². The molecule has 0 bridgehead atoms. The van der Waals surface area contributed by atoms with Crippen molar-refractivity contribution in [3.05, 3.63) is 10.3 Å². The molecule has 1 unspecified atom stereocenters. The summed E-state index contributed by atoms with van der Waals surface area (Å²) in [5.41, 5.74) is 1.24. The third-order valence-electron chi connectivity index (χ3n) is 3.55. The lowest BCUT2D eigenvalue weighted by Crippen LogP contribution is -2.17. The number of anilines is 1. The van der Waals surface area contributed by atoms with Crippen LogP contribution in [0.25, 0.3) is 0 Å². The van der Waals surface area contributed by atoms with E-state index in [-0.39, 0.29) is 0 Å². The number of likely N-dealkylation sites (tertiary alicyclic amines) is 1. The maximum atomic E-state index is 4.75. The van der Waals surface area contributed by atoms with Crippen LogP contribution in [0.2, 0.25) is 0 Å². The minimum absolute atomic E-state index is 0.597. The molecule has 2 aliphatic heterocycles. The van der Waals surface area contributed by atoms with E-state index in [1.54, 1.807) is 0 Å². The van der Waals surface area contributed by atoms with E-state index in [1.807, 2.05) is 0 Å². The zero-order chi connectivity index (χ0) is 11.1. The molecule has 5 heteroatoms. The fraction of sp³-hybridized carbons (Fsp3) is 0.727. The minimum Gasteiger partial charge on any atom is -0.356 e. The highest BCUT2D eigenvalue weighted by atomic mass is 79.9. The lowest BCUT2D eigenvalue weighted by Gasteiger charge is -2.15. The summed E-state index contributed by atoms with van der Waals surface area (Å²) in [5, 5.41) is 3.37. The first kappa shape index (κ1) is 10.6. The molecule has 2 aliphatic rings. The maximum Gasteiger partial charge on any atom is 0.203 e. The number of nitrogens with zero attached hydrogens (tertiary/aromatic N) is 3. The van der Waals surface area contributed by atoms with Crippen molar-refractivity contribution in [2.75, 3.05) is 32.0 Å². The fourth-order valence-corrected chi connectivity index (χ4v) is 3.40. The smallest absolute Gasteiger partial charge is 0.203 e. The standard InChI is InChI=1S/C11H17BrN4/c1-15-6-3-8(7-15)9-10(12)16-5-2-4-13-11(16)14-9/h8H,2-7H2,1H3,(H,13,14). The molecular formula is C11H17BrN4. The largest absolute Gasteiger partial charge is 0.356 e. The Balaban J connectivity index is 1.92. The van der Waals surface area contributed by atoms with E-state index in [0.717, 1.165) is 25.6 Å². The molecule has 1 saturated heterocycles. The van der Waals surface area contributed by atoms with Crippen molar-refractivity contribution in [1.29, 1.82) is 0 Å². The Morgan fingerprint density at radius 1 is 1.44 bits per heavy atom. The SMILES string of the molecule is CN1CCC(c2nc3n(c2Br)CCCN3)C1. The van der Waals surface area contributed by atoms with Crippen LogP contribution in [-0.2, 0) is 6.54 Å². The molecule has 1 aromatic rings. The Morgan fingerprint density at radius 3 is 3.00 bits per heavy atom. The lowest BCUT2D eigenvalue weighted by molar-refractivity contribution is 0.410. The number of aromatic nitrogens is 2. The van der Waals surface area contributed by atoms with Crippen molar-refractivity contribution in [1.82, 2.24) is 14.5 Å². The Bertz CT molecular complexity index is 401. The van der Waals surface area contributed by atoms with Gasteiger partial charge in [-0.15, -0.1) is 0 Å². The van der Waals surface area contributed by atoms with Crippen LogP contribution in [0, 0.1) is 0 Å². The van der Waals surface area contributed by atoms with Crippen molar-refractivity contribution in [2.24, 2.45) is 0 Å². The summed E-state index contributed by atoms with van der Waals surface area (Å²) >= 11 is 3.71. The molecule has 0 amide bonds. The van der Waals surface area contributed by atoms with Gasteiger partial charge in [-0.1, -0.05) is 0 Å². The van der Waals surface area contributed by atoms with Crippen LogP contribution in [0.4, 0.5) is 5.95 Å². The molecule has 0 aliphatic carbocycles. The van der Waals surface area contributed by atoms with Crippen LogP contribution in [0.1, 0.15) is 24.5 Å². The van der Waals surface area contributed by atoms with Gasteiger partial charge in [0, 0.05) is 25.6 Å². The number of fused-ring (bicyclic) bond motifs is 1. The fourth-order valence-electron chi connectivity index (χ4n) is 2.65. The molecule has 0 saturated carbocycles. The first-order chi connectivity index (χ1) is 7.75. The van der Waals surface area contributed by atoms with Crippen molar-refractivity contribution < 1.29 is 0 Å². The topological polar surface area (TPSA) is 33.1 Å². The molecule has 1 atom stereocenters. The molecule has 4 nitrogen and oxygen atoms in total. The van der Waals surface area contributed by atoms with Crippen LogP contribution in [0.15, 0.2) is 4.60 Å². The highest BCUT2D eigenvalue weighted by molar-refractivity contribution is 9.10. The van der Waals surface area contributed by atoms with E-state index < -0.39 is 0 Å². The van der Waals surface area contributed by atoms with Crippen molar-refractivity contribution in [3.8, 4) is 0 Å². The first-order valence-electron chi connectivity index (χ1n) is 5.94. The van der Waals surface area contributed by atoms with Crippen LogP contribution < -0.4 is 5.32 Å². The normalized spacial score (nSPS) is 25.5. The third kappa shape index (κ3) is 1.66. The first-order valence-corrected chi connectivity index (χ1v) is 6.73. The average Bonchev–Trinajstić information content (AvgIpc) is 2.84. The molecule has 88 valence electrons. The number of hydrogen-bond acceptors (Lipinski definition) is 3. The van der Waals surface area contributed by atoms with Gasteiger partial charge in [0.15, 0.2) is 0 Å². The Morgan fingerprint density at radius 2 is 2.31 bits per heavy atom. The van der Waals surface area contributed by atoms with Gasteiger partial charge in [-0.05, 0) is 42.4 Å². The van der Waals surface area contributed by atoms with Crippen LogP contribution in [0.5, 0.6) is 0 Å². The summed E-state index contributed by atoms with van der Waals surface area (Å²) in [7, 11) is 2.18. The van der Waals surface area contributed by atoms with Gasteiger partial charge < -0.3 is 14.8 Å². The molecular weight excluding hydrogens is 268 g/mol. The van der Waals surface area contributed by atoms with Crippen LogP contribution >= 0.6 is 15.9 Å². The Hall–Kier alpha value is -0.550. The predicted molar refractivity (Wildman–Crippen MR) is 67.9 cm³/mol. The monoisotopic (exact) mass is 284 g/mol. The van der Waals surface area contributed by atoms with E-state index in [9.17, 15) is 0 Å². The van der Waals surface area contributed by atoms with Crippen molar-refractivity contribution in [3.63, 3.8) is 0 Å². The molecule has 0 aromatic carbocycles. The zero-order valence-corrected chi connectivity index (χ0v) is 11.1. The third-order valence-corrected chi connectivity index (χ3v) is 4.38. The van der Waals surface area contributed by atoms with Gasteiger partial charge in [-0.25, -0.2) is 4.98 Å². The highest BCUT2D eigenvalue weighted by Crippen LogP contribution is 2.34. The summed E-state index contributed by atoms with van der Waals surface area (Å²) < 4.78 is 3.45. The quantitative estimate of drug-likeness (QED) is 0.855. The van der Waals surface area contributed by atoms with E-state index in [2.05, 4.69) is 37.8 Å². The van der Waals surface area contributed by atoms with E-state index in [1.165, 1.54) is 29.7 Å². The summed E-state index contributed by atoms with van der Waals surface area (Å²) in [6, 6.07) is 0. The van der Waals surface area contributed by atoms with Gasteiger partial charge in [0.25, 0.3) is 0 Å². The summed E-state index contributed by atoms with van der Waals surface area (Å²) in [4.78, 5) is 7.12. The number of likely N-dealkylation sites (N-methyl/N-ethyl adjacent to an activating group) is 1. The van der Waals surface area contributed by atoms with E-state index in [4.69, 9.17) is 4.98 Å². The van der Waals surface area contributed by atoms with Crippen molar-refractivity contribution in [2.45, 2.75) is 25.3 Å². The van der Waals surface area contributed by atoms with Gasteiger partial charge >= 0.3 is 0 Å². The Kier molecular flexibility index (Phi) is 2.67. The van der Waals surface area contributed by atoms with Gasteiger partial charge in [-0.3, -0.25) is 0 Å². The Labute approximate surface area is 104 Å². The number of nitrogens with one attached hydrogen (secondary N) is 1. The van der Waals surface area contributed by atoms with Gasteiger partial charge in [0.05, 0.1) is 5.69 Å². The lowest BCUT2D eigenvalue weighted by atomic mass is 10.1. The van der Waals surface area contributed by atoms with Crippen LogP contribution in [0.3, 0.4) is 0 Å². The summed E-state index contributed by atoms with van der Waals surface area (Å²) in [5.74, 6) is 1.64. The predicted octanol–water partition coefficient (Wildman–Crippen LogP) is 1.88. The average molecular weight is 285 g/mol. The molecule has 1 fully saturated rings. The molecule has 3 heterocycles. The minimum atomic E-state index is 0.597. The summed E-state index contributed by atoms with van der Waals surface area (Å²) in [6.07, 6.45) is 2.41. The molecule has 0 radical (unpaired) electrons. The number of hydrogen-bond donors (Lipinski definition) is 1. The van der Waals surface area contributed by atoms with E-state index >= 15 is 0 Å². The van der Waals surface area contributed by atoms with Crippen LogP contribution in [-0.4, -0.2) is 41.1 Å². The molecule has 3 rings (SSSR count). The maximum absolute atomic E-state index is 4.75. The number of rotatable bonds is 1. The molecule has 0 spiro atoms. The molecule has 1 N–H and O–H groups in total. The molecule has 1 aromatic heterocycles. The summed E-state index contributed by atoms with van der Waals surface area (Å²) in [6.45, 7) is 4.45. The number of halogens is 1. The van der Waals surface area contributed by atoms with E-state index in [0.29, 0.717) is 5.92 Å². The second-order valence-electron chi connectivity index (χ2n) is 4.79. The van der Waals surface area contributed by atoms with Crippen molar-refractivity contribution >= 4 is 21.9 Å². The molecule has 16 heavy (non-hydrogen) atoms. The van der Waals surface area contributed by atoms with Gasteiger partial charge in [-0.2, -0.15) is 0 Å². The second kappa shape index (κ2) is 4.04. The zero-order valence-electron chi connectivity index (χ0n) is 9.54. The second-order valence-corrected chi connectivity index (χ2v) is 5.54. The number of imidazole rings is 1. The van der Waals surface area contributed by atoms with Gasteiger partial charge in [0.1, 0.15) is 4.60 Å².